The number of carbonyl (C=O) groups excluding carboxylic acids is 1. The van der Waals surface area contributed by atoms with Crippen molar-refractivity contribution in [3.8, 4) is 0 Å². The van der Waals surface area contributed by atoms with Crippen LogP contribution in [-0.2, 0) is 4.74 Å². The smallest absolute Gasteiger partial charge is 0.407 e. The topological polar surface area (TPSA) is 38.3 Å². The van der Waals surface area contributed by atoms with Gasteiger partial charge in [0.15, 0.2) is 0 Å². The number of amides is 1. The van der Waals surface area contributed by atoms with Gasteiger partial charge < -0.3 is 10.1 Å². The molecule has 14 heavy (non-hydrogen) atoms. The molecule has 3 nitrogen and oxygen atoms in total. The molecule has 4 heteroatoms. The van der Waals surface area contributed by atoms with Gasteiger partial charge in [-0.2, -0.15) is 0 Å². The molecule has 0 bridgehead atoms. The predicted molar refractivity (Wildman–Crippen MR) is 55.7 cm³/mol. The molecule has 1 aliphatic heterocycles. The van der Waals surface area contributed by atoms with Crippen molar-refractivity contribution in [3.63, 3.8) is 0 Å². The van der Waals surface area contributed by atoms with Crippen LogP contribution >= 0.6 is 12.4 Å². The van der Waals surface area contributed by atoms with Gasteiger partial charge in [0.25, 0.3) is 0 Å². The molecule has 1 aromatic carbocycles. The van der Waals surface area contributed by atoms with E-state index >= 15 is 0 Å². The second-order valence-electron chi connectivity index (χ2n) is 3.21. The Morgan fingerprint density at radius 1 is 1.50 bits per heavy atom. The zero-order valence-electron chi connectivity index (χ0n) is 7.82. The van der Waals surface area contributed by atoms with E-state index in [0.717, 1.165) is 5.56 Å². The van der Waals surface area contributed by atoms with Crippen LogP contribution < -0.4 is 5.32 Å². The Kier molecular flexibility index (Phi) is 3.36. The van der Waals surface area contributed by atoms with Gasteiger partial charge in [-0.3, -0.25) is 0 Å². The summed E-state index contributed by atoms with van der Waals surface area (Å²) in [6.07, 6.45) is -0.327. The number of hydrogen-bond donors (Lipinski definition) is 1. The Balaban J connectivity index is 0.000000980. The quantitative estimate of drug-likeness (QED) is 0.777. The minimum atomic E-state index is -0.327. The van der Waals surface area contributed by atoms with Gasteiger partial charge in [0.05, 0.1) is 6.04 Å². The number of ether oxygens (including phenoxy) is 1. The first-order valence-electron chi connectivity index (χ1n) is 4.25. The van der Waals surface area contributed by atoms with Crippen LogP contribution in [0.4, 0.5) is 4.79 Å². The number of hydrogen-bond acceptors (Lipinski definition) is 2. The molecule has 2 rings (SSSR count). The molecule has 1 heterocycles. The maximum atomic E-state index is 10.8. The Bertz CT molecular complexity index is 341. The molecule has 1 aliphatic rings. The summed E-state index contributed by atoms with van der Waals surface area (Å²) in [7, 11) is 0. The number of halogens is 1. The highest BCUT2D eigenvalue weighted by molar-refractivity contribution is 5.85. The molecule has 0 aromatic heterocycles. The molecule has 76 valence electrons. The van der Waals surface area contributed by atoms with Crippen molar-refractivity contribution in [1.82, 2.24) is 5.32 Å². The number of nitrogens with one attached hydrogen (secondary N) is 1. The lowest BCUT2D eigenvalue weighted by atomic mass is 10.1. The van der Waals surface area contributed by atoms with Gasteiger partial charge in [0.1, 0.15) is 6.61 Å². The molecular weight excluding hydrogens is 202 g/mol. The van der Waals surface area contributed by atoms with Gasteiger partial charge in [-0.1, -0.05) is 29.8 Å². The maximum absolute atomic E-state index is 10.8. The lowest BCUT2D eigenvalue weighted by molar-refractivity contribution is 0.177. The molecule has 1 fully saturated rings. The van der Waals surface area contributed by atoms with Gasteiger partial charge >= 0.3 is 6.09 Å². The third-order valence-corrected chi connectivity index (χ3v) is 2.12. The standard InChI is InChI=1S/C10H11NO2.ClH/c1-7-3-2-4-8(5-7)9-6-13-10(12)11-9;/h2-5,9H,6H2,1H3,(H,11,12);1H/t9-;/m0./s1. The average molecular weight is 214 g/mol. The second kappa shape index (κ2) is 4.33. The summed E-state index contributed by atoms with van der Waals surface area (Å²) in [5, 5.41) is 2.74. The summed E-state index contributed by atoms with van der Waals surface area (Å²) in [4.78, 5) is 10.8. The Labute approximate surface area is 88.9 Å². The third-order valence-electron chi connectivity index (χ3n) is 2.12. The predicted octanol–water partition coefficient (Wildman–Crippen LogP) is 2.20. The van der Waals surface area contributed by atoms with E-state index in [1.54, 1.807) is 0 Å². The minimum absolute atomic E-state index is 0. The number of benzene rings is 1. The van der Waals surface area contributed by atoms with Gasteiger partial charge in [-0.05, 0) is 12.5 Å². The van der Waals surface area contributed by atoms with Crippen molar-refractivity contribution in [1.29, 1.82) is 0 Å². The molecule has 1 saturated heterocycles. The lowest BCUT2D eigenvalue weighted by Gasteiger charge is -2.07. The number of rotatable bonds is 1. The molecule has 0 spiro atoms. The molecular formula is C10H12ClNO2. The average Bonchev–Trinajstić information content (AvgIpc) is 2.52. The maximum Gasteiger partial charge on any atom is 0.407 e. The van der Waals surface area contributed by atoms with E-state index in [2.05, 4.69) is 11.4 Å². The van der Waals surface area contributed by atoms with E-state index in [0.29, 0.717) is 6.61 Å². The molecule has 1 aromatic rings. The van der Waals surface area contributed by atoms with E-state index in [-0.39, 0.29) is 24.5 Å². The summed E-state index contributed by atoms with van der Waals surface area (Å²) in [6, 6.07) is 8.08. The van der Waals surface area contributed by atoms with Crippen LogP contribution in [0, 0.1) is 6.92 Å². The van der Waals surface area contributed by atoms with Gasteiger partial charge in [-0.25, -0.2) is 4.79 Å². The summed E-state index contributed by atoms with van der Waals surface area (Å²) in [6.45, 7) is 2.46. The summed E-state index contributed by atoms with van der Waals surface area (Å²) < 4.78 is 4.81. The Morgan fingerprint density at radius 3 is 2.86 bits per heavy atom. The highest BCUT2D eigenvalue weighted by Crippen LogP contribution is 2.18. The highest BCUT2D eigenvalue weighted by Gasteiger charge is 2.23. The number of alkyl carbamates (subject to hydrolysis) is 1. The van der Waals surface area contributed by atoms with Crippen molar-refractivity contribution in [2.75, 3.05) is 6.61 Å². The van der Waals surface area contributed by atoms with Crippen LogP contribution in [0.3, 0.4) is 0 Å². The van der Waals surface area contributed by atoms with Crippen LogP contribution in [0.1, 0.15) is 17.2 Å². The first-order chi connectivity index (χ1) is 6.25. The van der Waals surface area contributed by atoms with E-state index in [9.17, 15) is 4.79 Å². The molecule has 1 N–H and O–H groups in total. The van der Waals surface area contributed by atoms with Crippen molar-refractivity contribution >= 4 is 18.5 Å². The van der Waals surface area contributed by atoms with Crippen LogP contribution in [0.15, 0.2) is 24.3 Å². The lowest BCUT2D eigenvalue weighted by Crippen LogP contribution is -2.18. The van der Waals surface area contributed by atoms with E-state index in [1.807, 2.05) is 25.1 Å². The first-order valence-corrected chi connectivity index (χ1v) is 4.25. The molecule has 0 unspecified atom stereocenters. The number of carbonyl (C=O) groups is 1. The highest BCUT2D eigenvalue weighted by atomic mass is 35.5. The third kappa shape index (κ3) is 2.17. The zero-order chi connectivity index (χ0) is 9.26. The molecule has 1 atom stereocenters. The summed E-state index contributed by atoms with van der Waals surface area (Å²) in [5.41, 5.74) is 2.30. The molecule has 1 amide bonds. The fraction of sp³-hybridized carbons (Fsp3) is 0.300. The Morgan fingerprint density at radius 2 is 2.29 bits per heavy atom. The molecule has 0 radical (unpaired) electrons. The second-order valence-corrected chi connectivity index (χ2v) is 3.21. The van der Waals surface area contributed by atoms with Crippen LogP contribution in [-0.4, -0.2) is 12.7 Å². The summed E-state index contributed by atoms with van der Waals surface area (Å²) >= 11 is 0. The van der Waals surface area contributed by atoms with E-state index in [4.69, 9.17) is 4.74 Å². The molecule has 0 aliphatic carbocycles. The van der Waals surface area contributed by atoms with Crippen molar-refractivity contribution < 1.29 is 9.53 Å². The minimum Gasteiger partial charge on any atom is -0.447 e. The molecule has 0 saturated carbocycles. The van der Waals surface area contributed by atoms with Crippen LogP contribution in [0.2, 0.25) is 0 Å². The number of aryl methyl sites for hydroxylation is 1. The van der Waals surface area contributed by atoms with Gasteiger partial charge in [0.2, 0.25) is 0 Å². The van der Waals surface area contributed by atoms with E-state index in [1.165, 1.54) is 5.56 Å². The van der Waals surface area contributed by atoms with Crippen molar-refractivity contribution in [2.45, 2.75) is 13.0 Å². The fourth-order valence-electron chi connectivity index (χ4n) is 1.45. The van der Waals surface area contributed by atoms with Crippen LogP contribution in [0.5, 0.6) is 0 Å². The van der Waals surface area contributed by atoms with E-state index < -0.39 is 0 Å². The summed E-state index contributed by atoms with van der Waals surface area (Å²) in [5.74, 6) is 0. The van der Waals surface area contributed by atoms with Gasteiger partial charge in [0, 0.05) is 0 Å². The fourth-order valence-corrected chi connectivity index (χ4v) is 1.45. The SMILES string of the molecule is Cc1cccc([C@@H]2COC(=O)N2)c1.Cl. The zero-order valence-corrected chi connectivity index (χ0v) is 8.64. The van der Waals surface area contributed by atoms with Crippen molar-refractivity contribution in [3.05, 3.63) is 35.4 Å². The van der Waals surface area contributed by atoms with Gasteiger partial charge in [-0.15, -0.1) is 12.4 Å². The largest absolute Gasteiger partial charge is 0.447 e. The Hall–Kier alpha value is -1.22. The number of cyclic esters (lactones) is 1. The first kappa shape index (κ1) is 10.9. The normalized spacial score (nSPS) is 19.5. The monoisotopic (exact) mass is 213 g/mol. The van der Waals surface area contributed by atoms with Crippen LogP contribution in [0.25, 0.3) is 0 Å². The van der Waals surface area contributed by atoms with Crippen molar-refractivity contribution in [2.24, 2.45) is 0 Å².